The first-order chi connectivity index (χ1) is 7.35. The SMILES string of the molecule is CCCCCCc1ccncc1.O=[C-]O.[Zn]. The normalized spacial score (nSPS) is 8.31. The van der Waals surface area contributed by atoms with Crippen molar-refractivity contribution < 1.29 is 29.4 Å². The Morgan fingerprint density at radius 2 is 1.81 bits per heavy atom. The fraction of sp³-hybridized carbons (Fsp3) is 0.500. The second kappa shape index (κ2) is 14.2. The Morgan fingerprint density at radius 3 is 2.31 bits per heavy atom. The average Bonchev–Trinajstić information content (AvgIpc) is 2.27. The molecule has 86 valence electrons. The van der Waals surface area contributed by atoms with Gasteiger partial charge in [0.05, 0.1) is 0 Å². The molecule has 0 aliphatic carbocycles. The summed E-state index contributed by atoms with van der Waals surface area (Å²) in [7, 11) is 0. The van der Waals surface area contributed by atoms with E-state index >= 15 is 0 Å². The maximum Gasteiger partial charge on any atom is 0.0270 e. The zero-order chi connectivity index (χ0) is 11.4. The molecule has 0 radical (unpaired) electrons. The first-order valence-electron chi connectivity index (χ1n) is 5.25. The molecule has 1 N–H and O–H groups in total. The van der Waals surface area contributed by atoms with Gasteiger partial charge in [0.1, 0.15) is 0 Å². The molecule has 0 unspecified atom stereocenters. The maximum atomic E-state index is 8.24. The Labute approximate surface area is 110 Å². The summed E-state index contributed by atoms with van der Waals surface area (Å²) in [6.45, 7) is 2.74. The topological polar surface area (TPSA) is 50.2 Å². The van der Waals surface area contributed by atoms with E-state index in [2.05, 4.69) is 24.0 Å². The summed E-state index contributed by atoms with van der Waals surface area (Å²) in [4.78, 5) is 12.2. The van der Waals surface area contributed by atoms with Gasteiger partial charge in [-0.1, -0.05) is 32.7 Å². The van der Waals surface area contributed by atoms with Crippen molar-refractivity contribution in [3.63, 3.8) is 0 Å². The predicted molar refractivity (Wildman–Crippen MR) is 60.4 cm³/mol. The van der Waals surface area contributed by atoms with Crippen molar-refractivity contribution in [1.29, 1.82) is 0 Å². The number of pyridine rings is 1. The van der Waals surface area contributed by atoms with E-state index < -0.39 is 0 Å². The van der Waals surface area contributed by atoms with Crippen LogP contribution in [-0.2, 0) is 30.7 Å². The fourth-order valence-corrected chi connectivity index (χ4v) is 1.31. The number of nitrogens with zero attached hydrogens (tertiary/aromatic N) is 1. The van der Waals surface area contributed by atoms with E-state index in [-0.39, 0.29) is 19.5 Å². The molecule has 1 aromatic heterocycles. The molecule has 1 aromatic rings. The van der Waals surface area contributed by atoms with Gasteiger partial charge < -0.3 is 9.90 Å². The monoisotopic (exact) mass is 272 g/mol. The predicted octanol–water partition coefficient (Wildman–Crippen LogP) is 2.81. The summed E-state index contributed by atoms with van der Waals surface area (Å²) in [5, 5.41) is 6.76. The number of hydrogen-bond donors (Lipinski definition) is 1. The molecule has 0 atom stereocenters. The van der Waals surface area contributed by atoms with Crippen molar-refractivity contribution >= 4 is 6.47 Å². The molecule has 16 heavy (non-hydrogen) atoms. The minimum Gasteiger partial charge on any atom is -0.665 e. The Morgan fingerprint density at radius 1 is 1.25 bits per heavy atom. The molecule has 0 aliphatic heterocycles. The molecular weight excluding hydrogens is 256 g/mol. The second-order valence-corrected chi connectivity index (χ2v) is 3.26. The van der Waals surface area contributed by atoms with Crippen molar-refractivity contribution in [3.05, 3.63) is 30.1 Å². The van der Waals surface area contributed by atoms with Crippen LogP contribution in [-0.4, -0.2) is 16.6 Å². The molecule has 0 saturated heterocycles. The fourth-order valence-electron chi connectivity index (χ4n) is 1.31. The summed E-state index contributed by atoms with van der Waals surface area (Å²) in [6, 6.07) is 4.21. The van der Waals surface area contributed by atoms with E-state index in [9.17, 15) is 0 Å². The number of aryl methyl sites for hydroxylation is 1. The van der Waals surface area contributed by atoms with Crippen LogP contribution in [0.2, 0.25) is 0 Å². The van der Waals surface area contributed by atoms with Gasteiger partial charge in [-0.2, -0.15) is 0 Å². The van der Waals surface area contributed by atoms with Crippen LogP contribution in [0.3, 0.4) is 0 Å². The maximum absolute atomic E-state index is 8.24. The smallest absolute Gasteiger partial charge is 0.0270 e. The van der Waals surface area contributed by atoms with Crippen LogP contribution in [0.4, 0.5) is 0 Å². The number of rotatable bonds is 5. The number of unbranched alkanes of at least 4 members (excludes halogenated alkanes) is 3. The van der Waals surface area contributed by atoms with Crippen molar-refractivity contribution in [2.75, 3.05) is 0 Å². The quantitative estimate of drug-likeness (QED) is 0.510. The molecule has 0 spiro atoms. The molecule has 0 aromatic carbocycles. The second-order valence-electron chi connectivity index (χ2n) is 3.26. The zero-order valence-corrected chi connectivity index (χ0v) is 12.8. The number of hydrogen-bond acceptors (Lipinski definition) is 2. The van der Waals surface area contributed by atoms with Crippen LogP contribution in [0.5, 0.6) is 0 Å². The minimum atomic E-state index is 0. The zero-order valence-electron chi connectivity index (χ0n) is 9.85. The summed E-state index contributed by atoms with van der Waals surface area (Å²) in [6.07, 6.45) is 10.3. The van der Waals surface area contributed by atoms with E-state index in [1.807, 2.05) is 12.4 Å². The Kier molecular flexibility index (Phi) is 15.7. The van der Waals surface area contributed by atoms with Crippen LogP contribution in [0.1, 0.15) is 38.2 Å². The third kappa shape index (κ3) is 11.3. The number of aliphatic hydroxyl groups excluding tert-OH is 1. The van der Waals surface area contributed by atoms with Crippen molar-refractivity contribution in [2.45, 2.75) is 39.0 Å². The van der Waals surface area contributed by atoms with Crippen molar-refractivity contribution in [2.24, 2.45) is 0 Å². The molecule has 3 nitrogen and oxygen atoms in total. The third-order valence-electron chi connectivity index (χ3n) is 2.07. The molecule has 0 bridgehead atoms. The summed E-state index contributed by atoms with van der Waals surface area (Å²) < 4.78 is 0. The molecule has 0 fully saturated rings. The summed E-state index contributed by atoms with van der Waals surface area (Å²) >= 11 is 0. The van der Waals surface area contributed by atoms with Gasteiger partial charge in [-0.3, -0.25) is 4.98 Å². The van der Waals surface area contributed by atoms with Crippen LogP contribution >= 0.6 is 0 Å². The first kappa shape index (κ1) is 17.6. The largest absolute Gasteiger partial charge is 0.665 e. The third-order valence-corrected chi connectivity index (χ3v) is 2.07. The summed E-state index contributed by atoms with van der Waals surface area (Å²) in [5.41, 5.74) is 1.42. The standard InChI is InChI=1S/C11H17N.CHO2.Zn/c1-2-3-4-5-6-11-7-9-12-10-8-11;2-1-3;/h7-10H,2-6H2,1H3;(H,2,3);/q;-1;. The molecule has 0 aliphatic rings. The van der Waals surface area contributed by atoms with Crippen LogP contribution in [0.25, 0.3) is 0 Å². The molecular formula is C12H18NO2Zn-. The summed E-state index contributed by atoms with van der Waals surface area (Å²) in [5.74, 6) is 0. The van der Waals surface area contributed by atoms with Gasteiger partial charge in [0.2, 0.25) is 0 Å². The van der Waals surface area contributed by atoms with Crippen molar-refractivity contribution in [3.8, 4) is 0 Å². The van der Waals surface area contributed by atoms with E-state index in [4.69, 9.17) is 9.90 Å². The van der Waals surface area contributed by atoms with E-state index in [1.54, 1.807) is 0 Å². The van der Waals surface area contributed by atoms with Crippen LogP contribution < -0.4 is 0 Å². The molecule has 0 amide bonds. The van der Waals surface area contributed by atoms with Crippen LogP contribution in [0, 0.1) is 0 Å². The van der Waals surface area contributed by atoms with Gasteiger partial charge in [0.25, 0.3) is 0 Å². The van der Waals surface area contributed by atoms with Gasteiger partial charge >= 0.3 is 0 Å². The Balaban J connectivity index is 0. The Hall–Kier alpha value is -0.757. The van der Waals surface area contributed by atoms with Crippen LogP contribution in [0.15, 0.2) is 24.5 Å². The van der Waals surface area contributed by atoms with Gasteiger partial charge in [-0.05, 0) is 30.5 Å². The van der Waals surface area contributed by atoms with E-state index in [1.165, 1.54) is 37.7 Å². The van der Waals surface area contributed by atoms with Gasteiger partial charge in [0.15, 0.2) is 0 Å². The molecule has 4 heteroatoms. The van der Waals surface area contributed by atoms with Gasteiger partial charge in [-0.15, -0.1) is 0 Å². The van der Waals surface area contributed by atoms with Crippen molar-refractivity contribution in [1.82, 2.24) is 4.98 Å². The molecule has 1 heterocycles. The van der Waals surface area contributed by atoms with E-state index in [0.29, 0.717) is 6.47 Å². The average molecular weight is 274 g/mol. The van der Waals surface area contributed by atoms with Gasteiger partial charge in [0, 0.05) is 31.9 Å². The first-order valence-corrected chi connectivity index (χ1v) is 5.25. The number of aromatic nitrogens is 1. The van der Waals surface area contributed by atoms with Gasteiger partial charge in [-0.25, -0.2) is 0 Å². The Bertz CT molecular complexity index is 242. The molecule has 1 rings (SSSR count). The minimum absolute atomic E-state index is 0. The molecule has 0 saturated carbocycles. The van der Waals surface area contributed by atoms with E-state index in [0.717, 1.165) is 0 Å².